The lowest BCUT2D eigenvalue weighted by Gasteiger charge is -2.12. The Morgan fingerprint density at radius 3 is 2.38 bits per heavy atom. The number of nitrogen functional groups attached to an aromatic ring is 1. The van der Waals surface area contributed by atoms with Gasteiger partial charge in [-0.3, -0.25) is 0 Å². The Morgan fingerprint density at radius 2 is 1.88 bits per heavy atom. The van der Waals surface area contributed by atoms with Crippen molar-refractivity contribution in [3.8, 4) is 5.75 Å². The third-order valence-corrected chi connectivity index (χ3v) is 4.78. The van der Waals surface area contributed by atoms with E-state index in [4.69, 9.17) is 5.73 Å². The van der Waals surface area contributed by atoms with E-state index in [9.17, 15) is 26.7 Å². The van der Waals surface area contributed by atoms with Gasteiger partial charge in [0.25, 0.3) is 0 Å². The maximum Gasteiger partial charge on any atom is 0.573 e. The number of anilines is 1. The molecule has 0 amide bonds. The molecule has 10 heteroatoms. The number of alkyl halides is 3. The largest absolute Gasteiger partial charge is 0.573 e. The van der Waals surface area contributed by atoms with E-state index >= 15 is 0 Å². The third kappa shape index (κ3) is 4.20. The molecule has 0 aliphatic rings. The van der Waals surface area contributed by atoms with Crippen molar-refractivity contribution in [2.75, 3.05) is 5.73 Å². The van der Waals surface area contributed by atoms with Crippen LogP contribution in [0, 0.1) is 0 Å². The number of nitrogens with zero attached hydrogens (tertiary/aromatic N) is 1. The van der Waals surface area contributed by atoms with Crippen LogP contribution in [0.2, 0.25) is 0 Å². The van der Waals surface area contributed by atoms with Gasteiger partial charge in [0.05, 0.1) is 16.7 Å². The molecule has 1 aromatic heterocycles. The molecule has 1 unspecified atom stereocenters. The topological polar surface area (TPSA) is 94.5 Å². The first-order valence-electron chi connectivity index (χ1n) is 6.73. The number of aliphatic hydroxyl groups is 1. The Hall–Kier alpha value is -2.20. The zero-order valence-electron chi connectivity index (χ0n) is 12.5. The van der Waals surface area contributed by atoms with Gasteiger partial charge in [0.15, 0.2) is 0 Å². The summed E-state index contributed by atoms with van der Waals surface area (Å²) in [5, 5.41) is 9.28. The molecule has 2 rings (SSSR count). The van der Waals surface area contributed by atoms with Gasteiger partial charge in [-0.05, 0) is 37.3 Å². The summed E-state index contributed by atoms with van der Waals surface area (Å²) in [6.07, 6.45) is -4.31. The second-order valence-electron chi connectivity index (χ2n) is 5.14. The summed E-state index contributed by atoms with van der Waals surface area (Å²) >= 11 is 0. The molecular formula is C14H15F3N2O4S. The molecule has 0 aliphatic carbocycles. The zero-order valence-corrected chi connectivity index (χ0v) is 13.3. The number of aromatic nitrogens is 1. The van der Waals surface area contributed by atoms with Crippen molar-refractivity contribution in [1.82, 2.24) is 4.57 Å². The van der Waals surface area contributed by atoms with Crippen LogP contribution >= 0.6 is 0 Å². The molecule has 0 saturated carbocycles. The van der Waals surface area contributed by atoms with Crippen LogP contribution in [0.1, 0.15) is 6.92 Å². The third-order valence-electron chi connectivity index (χ3n) is 2.98. The van der Waals surface area contributed by atoms with Crippen molar-refractivity contribution in [3.63, 3.8) is 0 Å². The summed E-state index contributed by atoms with van der Waals surface area (Å²) in [5.41, 5.74) is 5.80. The standard InChI is InChI=1S/C14H15F3N2O4S/c1-9(20)7-19-8-10(18)6-13(19)24(21,22)12-4-2-11(3-5-12)23-14(15,16)17/h2-6,8-9,20H,7,18H2,1H3. The first-order chi connectivity index (χ1) is 11.0. The lowest BCUT2D eigenvalue weighted by molar-refractivity contribution is -0.274. The summed E-state index contributed by atoms with van der Waals surface area (Å²) in [6, 6.07) is 5.05. The van der Waals surface area contributed by atoms with Crippen molar-refractivity contribution in [3.05, 3.63) is 36.5 Å². The molecule has 1 atom stereocenters. The van der Waals surface area contributed by atoms with Crippen LogP contribution in [-0.4, -0.2) is 30.6 Å². The van der Waals surface area contributed by atoms with Crippen molar-refractivity contribution >= 4 is 15.5 Å². The summed E-state index contributed by atoms with van der Waals surface area (Å²) in [7, 11) is -4.02. The smallest absolute Gasteiger partial charge is 0.406 e. The molecule has 132 valence electrons. The number of hydrogen-bond donors (Lipinski definition) is 2. The van der Waals surface area contributed by atoms with Crippen LogP contribution in [-0.2, 0) is 16.4 Å². The van der Waals surface area contributed by atoms with E-state index in [1.807, 2.05) is 0 Å². The summed E-state index contributed by atoms with van der Waals surface area (Å²) in [6.45, 7) is 1.48. The minimum Gasteiger partial charge on any atom is -0.406 e. The molecule has 1 heterocycles. The fourth-order valence-corrected chi connectivity index (χ4v) is 3.57. The van der Waals surface area contributed by atoms with Crippen molar-refractivity contribution in [2.24, 2.45) is 0 Å². The Balaban J connectivity index is 2.37. The van der Waals surface area contributed by atoms with E-state index in [0.717, 1.165) is 24.3 Å². The quantitative estimate of drug-likeness (QED) is 0.848. The van der Waals surface area contributed by atoms with Crippen LogP contribution in [0.4, 0.5) is 18.9 Å². The molecule has 6 nitrogen and oxygen atoms in total. The second-order valence-corrected chi connectivity index (χ2v) is 7.03. The van der Waals surface area contributed by atoms with Crippen molar-refractivity contribution < 1.29 is 31.4 Å². The molecule has 1 aromatic carbocycles. The van der Waals surface area contributed by atoms with E-state index < -0.39 is 28.1 Å². The first-order valence-corrected chi connectivity index (χ1v) is 8.22. The summed E-state index contributed by atoms with van der Waals surface area (Å²) in [4.78, 5) is -0.220. The predicted molar refractivity (Wildman–Crippen MR) is 79.1 cm³/mol. The maximum atomic E-state index is 12.6. The van der Waals surface area contributed by atoms with Gasteiger partial charge in [-0.15, -0.1) is 13.2 Å². The Morgan fingerprint density at radius 1 is 1.29 bits per heavy atom. The summed E-state index contributed by atoms with van der Waals surface area (Å²) < 4.78 is 66.6. The van der Waals surface area contributed by atoms with Gasteiger partial charge in [0.2, 0.25) is 9.84 Å². The lowest BCUT2D eigenvalue weighted by Crippen LogP contribution is -2.17. The molecule has 0 aliphatic heterocycles. The maximum absolute atomic E-state index is 12.6. The predicted octanol–water partition coefficient (Wildman–Crippen LogP) is 2.18. The van der Waals surface area contributed by atoms with Crippen molar-refractivity contribution in [1.29, 1.82) is 0 Å². The molecular weight excluding hydrogens is 349 g/mol. The number of hydrogen-bond acceptors (Lipinski definition) is 5. The van der Waals surface area contributed by atoms with Gasteiger partial charge in [0, 0.05) is 12.7 Å². The highest BCUT2D eigenvalue weighted by Crippen LogP contribution is 2.28. The minimum absolute atomic E-state index is 0.00102. The van der Waals surface area contributed by atoms with Gasteiger partial charge < -0.3 is 20.1 Å². The molecule has 0 spiro atoms. The van der Waals surface area contributed by atoms with E-state index in [1.165, 1.54) is 23.8 Å². The van der Waals surface area contributed by atoms with Gasteiger partial charge in [-0.25, -0.2) is 8.42 Å². The van der Waals surface area contributed by atoms with Gasteiger partial charge in [-0.2, -0.15) is 0 Å². The number of aliphatic hydroxyl groups excluding tert-OH is 1. The number of sulfone groups is 1. The number of halogens is 3. The van der Waals surface area contributed by atoms with Crippen LogP contribution in [0.5, 0.6) is 5.75 Å². The van der Waals surface area contributed by atoms with Crippen LogP contribution in [0.3, 0.4) is 0 Å². The zero-order chi connectivity index (χ0) is 18.1. The van der Waals surface area contributed by atoms with Crippen LogP contribution in [0.15, 0.2) is 46.5 Å². The number of nitrogens with two attached hydrogens (primary N) is 1. The van der Waals surface area contributed by atoms with E-state index in [1.54, 1.807) is 0 Å². The first kappa shape index (κ1) is 18.1. The normalized spacial score (nSPS) is 13.7. The van der Waals surface area contributed by atoms with Crippen LogP contribution < -0.4 is 10.5 Å². The van der Waals surface area contributed by atoms with E-state index in [2.05, 4.69) is 4.74 Å². The van der Waals surface area contributed by atoms with Gasteiger partial charge in [0.1, 0.15) is 10.8 Å². The Bertz CT molecular complexity index is 812. The van der Waals surface area contributed by atoms with Crippen LogP contribution in [0.25, 0.3) is 0 Å². The number of rotatable bonds is 5. The molecule has 0 bridgehead atoms. The Kier molecular flexibility index (Phi) is 4.81. The lowest BCUT2D eigenvalue weighted by atomic mass is 10.3. The molecule has 0 radical (unpaired) electrons. The average molecular weight is 364 g/mol. The fraction of sp³-hybridized carbons (Fsp3) is 0.286. The highest BCUT2D eigenvalue weighted by molar-refractivity contribution is 7.91. The number of benzene rings is 1. The summed E-state index contributed by atoms with van der Waals surface area (Å²) in [5.74, 6) is -0.527. The number of ether oxygens (including phenoxy) is 1. The molecule has 0 saturated heterocycles. The molecule has 3 N–H and O–H groups in total. The minimum atomic E-state index is -4.86. The highest BCUT2D eigenvalue weighted by atomic mass is 32.2. The van der Waals surface area contributed by atoms with Gasteiger partial charge in [-0.1, -0.05) is 0 Å². The second kappa shape index (κ2) is 6.36. The Labute approximate surface area is 136 Å². The molecule has 24 heavy (non-hydrogen) atoms. The van der Waals surface area contributed by atoms with Gasteiger partial charge >= 0.3 is 6.36 Å². The van der Waals surface area contributed by atoms with E-state index in [0.29, 0.717) is 0 Å². The highest BCUT2D eigenvalue weighted by Gasteiger charge is 2.31. The SMILES string of the molecule is CC(O)Cn1cc(N)cc1S(=O)(=O)c1ccc(OC(F)(F)F)cc1. The molecule has 0 fully saturated rings. The molecule has 2 aromatic rings. The average Bonchev–Trinajstić information content (AvgIpc) is 2.78. The fourth-order valence-electron chi connectivity index (χ4n) is 2.11. The monoisotopic (exact) mass is 364 g/mol. The van der Waals surface area contributed by atoms with Crippen molar-refractivity contribution in [2.45, 2.75) is 35.9 Å². The van der Waals surface area contributed by atoms with E-state index in [-0.39, 0.29) is 22.2 Å².